The molecule has 0 aliphatic carbocycles. The normalized spacial score (nSPS) is 11.8. The first-order valence-corrected chi connectivity index (χ1v) is 5.79. The fourth-order valence-electron chi connectivity index (χ4n) is 1.25. The average Bonchev–Trinajstić information content (AvgIpc) is 2.79. The monoisotopic (exact) mass is 277 g/mol. The molecule has 0 fully saturated rings. The molecule has 0 aliphatic heterocycles. The van der Waals surface area contributed by atoms with Crippen molar-refractivity contribution in [3.8, 4) is 0 Å². The standard InChI is InChI=1S/C10H7F4N3S/c11-8-3-7(10(12,13)14)2-1-6(8)4-18-9-15-5-16-17-9/h1-3,5H,4H2,(H,15,16,17). The first-order valence-electron chi connectivity index (χ1n) is 4.80. The van der Waals surface area contributed by atoms with E-state index in [1.54, 1.807) is 0 Å². The van der Waals surface area contributed by atoms with E-state index in [4.69, 9.17) is 0 Å². The highest BCUT2D eigenvalue weighted by molar-refractivity contribution is 7.98. The Morgan fingerprint density at radius 2 is 2.06 bits per heavy atom. The van der Waals surface area contributed by atoms with Crippen molar-refractivity contribution in [3.05, 3.63) is 41.5 Å². The van der Waals surface area contributed by atoms with Crippen LogP contribution in [0.2, 0.25) is 0 Å². The summed E-state index contributed by atoms with van der Waals surface area (Å²) in [6.45, 7) is 0. The number of nitrogens with one attached hydrogen (secondary N) is 1. The lowest BCUT2D eigenvalue weighted by Crippen LogP contribution is -2.06. The van der Waals surface area contributed by atoms with E-state index in [2.05, 4.69) is 15.2 Å². The smallest absolute Gasteiger partial charge is 0.254 e. The Morgan fingerprint density at radius 1 is 1.28 bits per heavy atom. The van der Waals surface area contributed by atoms with Gasteiger partial charge < -0.3 is 0 Å². The van der Waals surface area contributed by atoms with Crippen LogP contribution in [0.4, 0.5) is 17.6 Å². The van der Waals surface area contributed by atoms with Crippen molar-refractivity contribution in [2.75, 3.05) is 0 Å². The summed E-state index contributed by atoms with van der Waals surface area (Å²) >= 11 is 1.16. The minimum atomic E-state index is -4.53. The molecule has 0 saturated carbocycles. The number of halogens is 4. The highest BCUT2D eigenvalue weighted by Gasteiger charge is 2.31. The maximum absolute atomic E-state index is 13.4. The third-order valence-corrected chi connectivity index (χ3v) is 3.06. The lowest BCUT2D eigenvalue weighted by atomic mass is 10.1. The molecule has 0 unspecified atom stereocenters. The van der Waals surface area contributed by atoms with Crippen molar-refractivity contribution in [1.82, 2.24) is 15.2 Å². The van der Waals surface area contributed by atoms with Gasteiger partial charge in [-0.3, -0.25) is 5.10 Å². The van der Waals surface area contributed by atoms with Crippen LogP contribution in [-0.4, -0.2) is 15.2 Å². The predicted octanol–water partition coefficient (Wildman–Crippen LogP) is 3.25. The molecule has 0 radical (unpaired) electrons. The number of thioether (sulfide) groups is 1. The van der Waals surface area contributed by atoms with Gasteiger partial charge >= 0.3 is 6.18 Å². The molecule has 1 aromatic heterocycles. The van der Waals surface area contributed by atoms with Crippen LogP contribution in [-0.2, 0) is 11.9 Å². The van der Waals surface area contributed by atoms with E-state index in [-0.39, 0.29) is 11.3 Å². The molecule has 0 atom stereocenters. The zero-order valence-corrected chi connectivity index (χ0v) is 9.65. The largest absolute Gasteiger partial charge is 0.416 e. The summed E-state index contributed by atoms with van der Waals surface area (Å²) in [7, 11) is 0. The van der Waals surface area contributed by atoms with Gasteiger partial charge in [0.2, 0.25) is 0 Å². The molecule has 8 heteroatoms. The number of aromatic amines is 1. The van der Waals surface area contributed by atoms with Crippen LogP contribution in [0.1, 0.15) is 11.1 Å². The van der Waals surface area contributed by atoms with E-state index in [0.717, 1.165) is 23.9 Å². The quantitative estimate of drug-likeness (QED) is 0.691. The summed E-state index contributed by atoms with van der Waals surface area (Å²) in [5, 5.41) is 6.65. The van der Waals surface area contributed by atoms with Gasteiger partial charge in [-0.15, -0.1) is 0 Å². The van der Waals surface area contributed by atoms with Crippen LogP contribution >= 0.6 is 11.8 Å². The second kappa shape index (κ2) is 4.97. The van der Waals surface area contributed by atoms with Gasteiger partial charge in [0.25, 0.3) is 0 Å². The maximum atomic E-state index is 13.4. The molecule has 3 nitrogen and oxygen atoms in total. The van der Waals surface area contributed by atoms with Crippen LogP contribution in [0.3, 0.4) is 0 Å². The predicted molar refractivity (Wildman–Crippen MR) is 57.3 cm³/mol. The Labute approximate surface area is 104 Å². The number of hydrogen-bond acceptors (Lipinski definition) is 3. The lowest BCUT2D eigenvalue weighted by molar-refractivity contribution is -0.137. The molecule has 2 aromatic rings. The summed E-state index contributed by atoms with van der Waals surface area (Å²) in [5.41, 5.74) is -0.808. The van der Waals surface area contributed by atoms with Gasteiger partial charge in [0.05, 0.1) is 5.56 Å². The summed E-state index contributed by atoms with van der Waals surface area (Å²) in [4.78, 5) is 3.81. The molecule has 0 bridgehead atoms. The Bertz CT molecular complexity index is 524. The molecule has 0 saturated heterocycles. The van der Waals surface area contributed by atoms with Crippen LogP contribution < -0.4 is 0 Å². The van der Waals surface area contributed by atoms with Gasteiger partial charge in [0.15, 0.2) is 5.16 Å². The molecule has 96 valence electrons. The molecule has 2 rings (SSSR count). The van der Waals surface area contributed by atoms with E-state index in [9.17, 15) is 17.6 Å². The van der Waals surface area contributed by atoms with E-state index < -0.39 is 17.6 Å². The van der Waals surface area contributed by atoms with Crippen molar-refractivity contribution >= 4 is 11.8 Å². The molecule has 0 spiro atoms. The maximum Gasteiger partial charge on any atom is 0.416 e. The second-order valence-corrected chi connectivity index (χ2v) is 4.35. The minimum absolute atomic E-state index is 0.180. The van der Waals surface area contributed by atoms with E-state index in [1.807, 2.05) is 0 Å². The summed E-state index contributed by atoms with van der Waals surface area (Å²) in [6.07, 6.45) is -3.23. The van der Waals surface area contributed by atoms with Crippen LogP contribution in [0, 0.1) is 5.82 Å². The van der Waals surface area contributed by atoms with Crippen molar-refractivity contribution < 1.29 is 17.6 Å². The van der Waals surface area contributed by atoms with Crippen molar-refractivity contribution in [2.24, 2.45) is 0 Å². The third-order valence-electron chi connectivity index (χ3n) is 2.14. The van der Waals surface area contributed by atoms with Gasteiger partial charge in [-0.05, 0) is 17.7 Å². The van der Waals surface area contributed by atoms with Crippen LogP contribution in [0.25, 0.3) is 0 Å². The molecule has 1 N–H and O–H groups in total. The minimum Gasteiger partial charge on any atom is -0.254 e. The number of rotatable bonds is 3. The zero-order valence-electron chi connectivity index (χ0n) is 8.83. The number of nitrogens with zero attached hydrogens (tertiary/aromatic N) is 2. The number of alkyl halides is 3. The second-order valence-electron chi connectivity index (χ2n) is 3.38. The SMILES string of the molecule is Fc1cc(C(F)(F)F)ccc1CSc1ncn[nH]1. The third kappa shape index (κ3) is 3.00. The van der Waals surface area contributed by atoms with Gasteiger partial charge in [-0.1, -0.05) is 17.8 Å². The average molecular weight is 277 g/mol. The molecule has 0 aliphatic rings. The Hall–Kier alpha value is -1.57. The molecule has 1 aromatic carbocycles. The fourth-order valence-corrected chi connectivity index (χ4v) is 2.02. The number of aromatic nitrogens is 3. The Balaban J connectivity index is 2.10. The summed E-state index contributed by atoms with van der Waals surface area (Å²) < 4.78 is 50.4. The number of benzene rings is 1. The molecular formula is C10H7F4N3S. The fraction of sp³-hybridized carbons (Fsp3) is 0.200. The van der Waals surface area contributed by atoms with E-state index in [1.165, 1.54) is 6.33 Å². The summed E-state index contributed by atoms with van der Waals surface area (Å²) in [5.74, 6) is -0.698. The zero-order chi connectivity index (χ0) is 13.2. The van der Waals surface area contributed by atoms with Crippen LogP contribution in [0.15, 0.2) is 29.7 Å². The van der Waals surface area contributed by atoms with Crippen molar-refractivity contribution in [3.63, 3.8) is 0 Å². The lowest BCUT2D eigenvalue weighted by Gasteiger charge is -2.08. The number of hydrogen-bond donors (Lipinski definition) is 1. The molecule has 18 heavy (non-hydrogen) atoms. The topological polar surface area (TPSA) is 41.6 Å². The van der Waals surface area contributed by atoms with E-state index in [0.29, 0.717) is 11.2 Å². The summed E-state index contributed by atoms with van der Waals surface area (Å²) in [6, 6.07) is 2.48. The molecule has 1 heterocycles. The van der Waals surface area contributed by atoms with Gasteiger partial charge in [0, 0.05) is 5.75 Å². The Kier molecular flexibility index (Phi) is 3.55. The molecule has 0 amide bonds. The number of H-pyrrole nitrogens is 1. The highest BCUT2D eigenvalue weighted by atomic mass is 32.2. The van der Waals surface area contributed by atoms with Gasteiger partial charge in [0.1, 0.15) is 12.1 Å². The van der Waals surface area contributed by atoms with E-state index >= 15 is 0 Å². The first kappa shape index (κ1) is 12.9. The van der Waals surface area contributed by atoms with Gasteiger partial charge in [-0.25, -0.2) is 9.37 Å². The highest BCUT2D eigenvalue weighted by Crippen LogP contribution is 2.31. The molecular weight excluding hydrogens is 270 g/mol. The Morgan fingerprint density at radius 3 is 2.61 bits per heavy atom. The van der Waals surface area contributed by atoms with Crippen molar-refractivity contribution in [2.45, 2.75) is 17.1 Å². The van der Waals surface area contributed by atoms with Crippen molar-refractivity contribution in [1.29, 1.82) is 0 Å². The van der Waals surface area contributed by atoms with Crippen LogP contribution in [0.5, 0.6) is 0 Å². The van der Waals surface area contributed by atoms with Gasteiger partial charge in [-0.2, -0.15) is 18.3 Å². The first-order chi connectivity index (χ1) is 8.47.